The van der Waals surface area contributed by atoms with Crippen molar-refractivity contribution in [1.29, 1.82) is 0 Å². The molecule has 0 saturated heterocycles. The summed E-state index contributed by atoms with van der Waals surface area (Å²) in [6.07, 6.45) is 0. The molecule has 1 aromatic heterocycles. The Morgan fingerprint density at radius 1 is 1.50 bits per heavy atom. The van der Waals surface area contributed by atoms with Crippen LogP contribution < -0.4 is 16.0 Å². The molecule has 2 aromatic rings. The van der Waals surface area contributed by atoms with E-state index in [0.717, 1.165) is 12.1 Å². The van der Waals surface area contributed by atoms with Crippen molar-refractivity contribution in [3.8, 4) is 11.6 Å². The van der Waals surface area contributed by atoms with E-state index in [1.165, 1.54) is 6.07 Å². The van der Waals surface area contributed by atoms with Crippen LogP contribution in [0.15, 0.2) is 23.0 Å². The van der Waals surface area contributed by atoms with Gasteiger partial charge in [-0.15, -0.1) is 5.10 Å². The van der Waals surface area contributed by atoms with Crippen LogP contribution in [0.2, 0.25) is 5.02 Å². The highest BCUT2D eigenvalue weighted by molar-refractivity contribution is 6.32. The number of halogens is 2. The maximum absolute atomic E-state index is 13.9. The van der Waals surface area contributed by atoms with Crippen molar-refractivity contribution in [2.24, 2.45) is 0 Å². The Hall–Kier alpha value is -2.08. The molecule has 0 aliphatic carbocycles. The molecule has 2 rings (SSSR count). The van der Waals surface area contributed by atoms with E-state index >= 15 is 0 Å². The van der Waals surface area contributed by atoms with E-state index in [2.05, 4.69) is 5.10 Å². The molecule has 0 radical (unpaired) electrons. The predicted octanol–water partition coefficient (Wildman–Crippen LogP) is 3.06. The highest BCUT2D eigenvalue weighted by Crippen LogP contribution is 2.33. The quantitative estimate of drug-likeness (QED) is 0.854. The van der Waals surface area contributed by atoms with E-state index in [4.69, 9.17) is 30.3 Å². The number of anilines is 1. The molecule has 1 heterocycles. The second kappa shape index (κ2) is 5.50. The number of nitrogens with two attached hydrogens (primary N) is 1. The molecular weight excluding hydrogens is 285 g/mol. The number of ether oxygens (including phenoxy) is 1. The van der Waals surface area contributed by atoms with E-state index in [1.807, 2.05) is 5.10 Å². The van der Waals surface area contributed by atoms with Gasteiger partial charge in [-0.05, 0) is 12.0 Å². The fraction of sp³-hybridized carbons (Fsp3) is 0.231. The van der Waals surface area contributed by atoms with Crippen molar-refractivity contribution in [2.45, 2.75) is 19.6 Å². The molecule has 0 fully saturated rings. The molecule has 0 unspecified atom stereocenters. The molecule has 0 spiro atoms. The van der Waals surface area contributed by atoms with Crippen LogP contribution in [0.1, 0.15) is 33.4 Å². The van der Waals surface area contributed by atoms with Crippen molar-refractivity contribution in [2.75, 3.05) is 5.73 Å². The molecule has 0 aliphatic rings. The topological polar surface area (TPSA) is 81.0 Å². The van der Waals surface area contributed by atoms with Crippen LogP contribution in [0, 0.1) is 5.82 Å². The molecule has 7 heteroatoms. The Labute approximate surface area is 128 Å². The number of hydrogen-bond donors (Lipinski definition) is 2. The summed E-state index contributed by atoms with van der Waals surface area (Å²) in [7, 11) is 0. The molecule has 1 aromatic carbocycles. The molecular formula is C13H13ClFN3O2. The summed E-state index contributed by atoms with van der Waals surface area (Å²) in [4.78, 5) is 11.9. The van der Waals surface area contributed by atoms with Gasteiger partial charge in [-0.3, -0.25) is 4.79 Å². The number of nitrogens with one attached hydrogen (secondary N) is 1. The molecule has 0 amide bonds. The van der Waals surface area contributed by atoms with Crippen molar-refractivity contribution >= 4 is 17.3 Å². The van der Waals surface area contributed by atoms with Crippen LogP contribution in [0.3, 0.4) is 0 Å². The van der Waals surface area contributed by atoms with Crippen LogP contribution in [0.25, 0.3) is 0 Å². The number of hydrogen-bond acceptors (Lipinski definition) is 4. The lowest BCUT2D eigenvalue weighted by Crippen LogP contribution is -2.15. The summed E-state index contributed by atoms with van der Waals surface area (Å²) in [5.41, 5.74) is 3.86. The molecule has 5 nitrogen and oxygen atoms in total. The van der Waals surface area contributed by atoms with Crippen molar-refractivity contribution < 1.29 is 17.4 Å². The molecule has 0 saturated carbocycles. The third-order valence-corrected chi connectivity index (χ3v) is 2.63. The number of rotatable bonds is 3. The zero-order chi connectivity index (χ0) is 19.9. The maximum atomic E-state index is 13.9. The fourth-order valence-corrected chi connectivity index (χ4v) is 1.70. The van der Waals surface area contributed by atoms with Gasteiger partial charge < -0.3 is 10.5 Å². The van der Waals surface area contributed by atoms with E-state index in [1.54, 1.807) is 0 Å². The van der Waals surface area contributed by atoms with Gasteiger partial charge in [0.1, 0.15) is 0 Å². The molecule has 0 aliphatic heterocycles. The van der Waals surface area contributed by atoms with E-state index in [-0.39, 0.29) is 10.7 Å². The molecule has 20 heavy (non-hydrogen) atoms. The minimum Gasteiger partial charge on any atom is -0.433 e. The normalized spacial score (nSPS) is 16.6. The average Bonchev–Trinajstić information content (AvgIpc) is 2.43. The van der Waals surface area contributed by atoms with Gasteiger partial charge in [-0.1, -0.05) is 25.3 Å². The SMILES string of the molecule is [2H]C([2H])([2H])C(c1cc(Oc2c(F)cc(N)cc2Cl)n[nH]c1=O)C([2H])([2H])[2H]. The molecule has 3 N–H and O–H groups in total. The number of aromatic amines is 1. The second-order valence-corrected chi connectivity index (χ2v) is 4.25. The lowest BCUT2D eigenvalue weighted by Gasteiger charge is -2.10. The first-order valence-electron chi connectivity index (χ1n) is 8.32. The van der Waals surface area contributed by atoms with Crippen LogP contribution >= 0.6 is 11.6 Å². The third kappa shape index (κ3) is 2.91. The number of nitrogens with zero attached hydrogens (tertiary/aromatic N) is 1. The van der Waals surface area contributed by atoms with Crippen LogP contribution in [0.5, 0.6) is 11.6 Å². The van der Waals surface area contributed by atoms with Gasteiger partial charge in [0.25, 0.3) is 5.56 Å². The maximum Gasteiger partial charge on any atom is 0.267 e. The van der Waals surface area contributed by atoms with E-state index in [0.29, 0.717) is 0 Å². The first-order valence-corrected chi connectivity index (χ1v) is 5.70. The van der Waals surface area contributed by atoms with Gasteiger partial charge in [-0.2, -0.15) is 0 Å². The second-order valence-electron chi connectivity index (χ2n) is 3.84. The van der Waals surface area contributed by atoms with Gasteiger partial charge in [0, 0.05) is 31.6 Å². The van der Waals surface area contributed by atoms with E-state index < -0.39 is 48.2 Å². The van der Waals surface area contributed by atoms with Crippen molar-refractivity contribution in [3.05, 3.63) is 45.0 Å². The first-order chi connectivity index (χ1) is 11.8. The summed E-state index contributed by atoms with van der Waals surface area (Å²) < 4.78 is 63.7. The highest BCUT2D eigenvalue weighted by Gasteiger charge is 2.14. The minimum atomic E-state index is -3.00. The minimum absolute atomic E-state index is 0.0415. The summed E-state index contributed by atoms with van der Waals surface area (Å²) in [5, 5.41) is 5.25. The van der Waals surface area contributed by atoms with Gasteiger partial charge >= 0.3 is 0 Å². The lowest BCUT2D eigenvalue weighted by molar-refractivity contribution is 0.420. The van der Waals surface area contributed by atoms with Gasteiger partial charge in [-0.25, -0.2) is 9.49 Å². The Kier molecular flexibility index (Phi) is 2.27. The van der Waals surface area contributed by atoms with E-state index in [9.17, 15) is 9.18 Å². The Morgan fingerprint density at radius 3 is 2.90 bits per heavy atom. The number of aromatic nitrogens is 2. The zero-order valence-electron chi connectivity index (χ0n) is 15.9. The van der Waals surface area contributed by atoms with Crippen LogP contribution in [-0.4, -0.2) is 10.2 Å². The fourth-order valence-electron chi connectivity index (χ4n) is 1.45. The Bertz CT molecular complexity index is 846. The number of nitrogen functional groups attached to an aromatic ring is 1. The van der Waals surface area contributed by atoms with Crippen molar-refractivity contribution in [1.82, 2.24) is 10.2 Å². The number of benzene rings is 1. The first kappa shape index (κ1) is 8.26. The molecule has 0 bridgehead atoms. The zero-order valence-corrected chi connectivity index (χ0v) is 10.7. The average molecular weight is 304 g/mol. The summed E-state index contributed by atoms with van der Waals surface area (Å²) in [6, 6.07) is 2.97. The van der Waals surface area contributed by atoms with Gasteiger partial charge in [0.15, 0.2) is 11.6 Å². The smallest absolute Gasteiger partial charge is 0.267 e. The Morgan fingerprint density at radius 2 is 2.25 bits per heavy atom. The number of H-pyrrole nitrogens is 1. The monoisotopic (exact) mass is 303 g/mol. The Balaban J connectivity index is 2.53. The summed E-state index contributed by atoms with van der Waals surface area (Å²) in [6.45, 7) is -6.00. The summed E-state index contributed by atoms with van der Waals surface area (Å²) >= 11 is 5.84. The van der Waals surface area contributed by atoms with Crippen LogP contribution in [0.4, 0.5) is 10.1 Å². The van der Waals surface area contributed by atoms with Gasteiger partial charge in [0.2, 0.25) is 5.88 Å². The summed E-state index contributed by atoms with van der Waals surface area (Å²) in [5.74, 6) is -3.92. The largest absolute Gasteiger partial charge is 0.433 e. The highest BCUT2D eigenvalue weighted by atomic mass is 35.5. The molecule has 0 atom stereocenters. The van der Waals surface area contributed by atoms with Gasteiger partial charge in [0.05, 0.1) is 5.02 Å². The van der Waals surface area contributed by atoms with Crippen LogP contribution in [-0.2, 0) is 0 Å². The molecule has 106 valence electrons. The lowest BCUT2D eigenvalue weighted by atomic mass is 10.1. The third-order valence-electron chi connectivity index (χ3n) is 2.35. The van der Waals surface area contributed by atoms with Crippen molar-refractivity contribution in [3.63, 3.8) is 0 Å². The standard InChI is InChI=1S/C13H13ClFN3O2/c1-6(2)8-5-11(17-18-13(8)19)20-12-9(14)3-7(16)4-10(12)15/h3-6H,16H2,1-2H3,(H,18,19)/i1D3,2D3. The predicted molar refractivity (Wildman–Crippen MR) is 74.8 cm³/mol.